The Hall–Kier alpha value is -2.80. The van der Waals surface area contributed by atoms with Crippen molar-refractivity contribution in [2.24, 2.45) is 22.7 Å². The van der Waals surface area contributed by atoms with Gasteiger partial charge in [-0.05, 0) is 47.9 Å². The van der Waals surface area contributed by atoms with Crippen LogP contribution in [-0.2, 0) is 25.7 Å². The van der Waals surface area contributed by atoms with E-state index in [0.29, 0.717) is 5.84 Å². The summed E-state index contributed by atoms with van der Waals surface area (Å²) in [6.45, 7) is 0. The van der Waals surface area contributed by atoms with Crippen molar-refractivity contribution in [3.05, 3.63) is 70.8 Å². The molecule has 2 aromatic rings. The molecular formula is C20H21N3O. The van der Waals surface area contributed by atoms with Crippen molar-refractivity contribution >= 4 is 5.84 Å². The summed E-state index contributed by atoms with van der Waals surface area (Å²) in [7, 11) is 0. The fourth-order valence-electron chi connectivity index (χ4n) is 3.50. The molecule has 122 valence electrons. The minimum atomic E-state index is 0.183. The first-order valence-corrected chi connectivity index (χ1v) is 8.22. The van der Waals surface area contributed by atoms with Crippen LogP contribution in [0.25, 0.3) is 0 Å². The van der Waals surface area contributed by atoms with E-state index < -0.39 is 0 Å². The average Bonchev–Trinajstić information content (AvgIpc) is 3.24. The van der Waals surface area contributed by atoms with Gasteiger partial charge in [-0.25, -0.2) is 0 Å². The molecule has 0 radical (unpaired) electrons. The van der Waals surface area contributed by atoms with Crippen molar-refractivity contribution in [1.29, 1.82) is 5.26 Å². The summed E-state index contributed by atoms with van der Waals surface area (Å²) >= 11 is 0. The zero-order chi connectivity index (χ0) is 16.9. The van der Waals surface area contributed by atoms with Crippen molar-refractivity contribution in [3.63, 3.8) is 0 Å². The van der Waals surface area contributed by atoms with E-state index in [9.17, 15) is 0 Å². The highest BCUT2D eigenvalue weighted by molar-refractivity contribution is 5.83. The summed E-state index contributed by atoms with van der Waals surface area (Å²) in [6, 6.07) is 18.9. The van der Waals surface area contributed by atoms with E-state index in [-0.39, 0.29) is 11.8 Å². The van der Waals surface area contributed by atoms with E-state index in [2.05, 4.69) is 35.5 Å². The Morgan fingerprint density at radius 2 is 1.33 bits per heavy atom. The molecule has 24 heavy (non-hydrogen) atoms. The topological polar surface area (TPSA) is 82.4 Å². The van der Waals surface area contributed by atoms with E-state index in [0.717, 1.165) is 25.7 Å². The fraction of sp³-hybridized carbons (Fsp3) is 0.300. The third-order valence-corrected chi connectivity index (χ3v) is 4.82. The Kier molecular flexibility index (Phi) is 4.81. The van der Waals surface area contributed by atoms with Crippen molar-refractivity contribution < 1.29 is 5.21 Å². The average molecular weight is 319 g/mol. The van der Waals surface area contributed by atoms with Gasteiger partial charge in [-0.15, -0.1) is 0 Å². The van der Waals surface area contributed by atoms with Gasteiger partial charge in [-0.1, -0.05) is 53.7 Å². The lowest BCUT2D eigenvalue weighted by atomic mass is 10.1. The molecule has 2 aliphatic carbocycles. The van der Waals surface area contributed by atoms with Gasteiger partial charge < -0.3 is 10.9 Å². The molecule has 0 unspecified atom stereocenters. The maximum absolute atomic E-state index is 8.69. The van der Waals surface area contributed by atoms with E-state index in [1.807, 2.05) is 24.3 Å². The van der Waals surface area contributed by atoms with Gasteiger partial charge >= 0.3 is 0 Å². The first-order valence-electron chi connectivity index (χ1n) is 8.22. The molecular weight excluding hydrogens is 298 g/mol. The predicted molar refractivity (Wildman–Crippen MR) is 93.7 cm³/mol. The van der Waals surface area contributed by atoms with Gasteiger partial charge in [0.05, 0.1) is 12.0 Å². The Bertz CT molecular complexity index is 741. The smallest absolute Gasteiger partial charge is 0.142 e. The van der Waals surface area contributed by atoms with Crippen LogP contribution in [0.5, 0.6) is 0 Å². The number of amidine groups is 1. The van der Waals surface area contributed by atoms with Gasteiger partial charge in [-0.3, -0.25) is 0 Å². The lowest BCUT2D eigenvalue weighted by molar-refractivity contribution is 0.314. The number of nitrogens with zero attached hydrogens (tertiary/aromatic N) is 2. The maximum Gasteiger partial charge on any atom is 0.142 e. The Balaban J connectivity index is 0.000000143. The van der Waals surface area contributed by atoms with E-state index in [1.165, 1.54) is 22.3 Å². The number of hydrogen-bond donors (Lipinski definition) is 2. The van der Waals surface area contributed by atoms with E-state index in [4.69, 9.17) is 16.2 Å². The molecule has 0 aliphatic heterocycles. The first-order chi connectivity index (χ1) is 11.7. The molecule has 0 saturated heterocycles. The Morgan fingerprint density at radius 3 is 1.71 bits per heavy atom. The Morgan fingerprint density at radius 1 is 0.917 bits per heavy atom. The van der Waals surface area contributed by atoms with E-state index >= 15 is 0 Å². The summed E-state index contributed by atoms with van der Waals surface area (Å²) < 4.78 is 0. The van der Waals surface area contributed by atoms with Gasteiger partial charge in [0, 0.05) is 5.92 Å². The lowest BCUT2D eigenvalue weighted by Crippen LogP contribution is -2.23. The molecule has 4 heteroatoms. The molecule has 0 amide bonds. The largest absolute Gasteiger partial charge is 0.409 e. The van der Waals surface area contributed by atoms with Crippen LogP contribution in [0.4, 0.5) is 0 Å². The van der Waals surface area contributed by atoms with Gasteiger partial charge in [-0.2, -0.15) is 5.26 Å². The predicted octanol–water partition coefficient (Wildman–Crippen LogP) is 3.07. The minimum absolute atomic E-state index is 0.183. The normalized spacial score (nSPS) is 16.7. The van der Waals surface area contributed by atoms with Crippen LogP contribution >= 0.6 is 0 Å². The number of fused-ring (bicyclic) bond motifs is 2. The third kappa shape index (κ3) is 3.41. The highest BCUT2D eigenvalue weighted by Crippen LogP contribution is 2.26. The van der Waals surface area contributed by atoms with Crippen LogP contribution < -0.4 is 5.73 Å². The van der Waals surface area contributed by atoms with E-state index in [1.54, 1.807) is 0 Å². The fourth-order valence-corrected chi connectivity index (χ4v) is 3.50. The minimum Gasteiger partial charge on any atom is -0.409 e. The first kappa shape index (κ1) is 16.1. The zero-order valence-electron chi connectivity index (χ0n) is 13.5. The van der Waals surface area contributed by atoms with Gasteiger partial charge in [0.25, 0.3) is 0 Å². The lowest BCUT2D eigenvalue weighted by Gasteiger charge is -2.04. The molecule has 0 aromatic heterocycles. The number of benzene rings is 2. The number of nitriles is 1. The molecule has 0 saturated carbocycles. The summed E-state index contributed by atoms with van der Waals surface area (Å²) in [5.74, 6) is 0.756. The summed E-state index contributed by atoms with van der Waals surface area (Å²) in [4.78, 5) is 0. The third-order valence-electron chi connectivity index (χ3n) is 4.82. The monoisotopic (exact) mass is 319 g/mol. The van der Waals surface area contributed by atoms with Crippen molar-refractivity contribution in [3.8, 4) is 6.07 Å². The van der Waals surface area contributed by atoms with Crippen LogP contribution in [0.1, 0.15) is 22.3 Å². The number of rotatable bonds is 1. The zero-order valence-corrected chi connectivity index (χ0v) is 13.5. The van der Waals surface area contributed by atoms with Crippen LogP contribution in [0.15, 0.2) is 53.7 Å². The number of hydrogen-bond acceptors (Lipinski definition) is 3. The molecule has 4 nitrogen and oxygen atoms in total. The summed E-state index contributed by atoms with van der Waals surface area (Å²) in [5.41, 5.74) is 10.9. The molecule has 2 aromatic carbocycles. The van der Waals surface area contributed by atoms with Crippen LogP contribution in [0.2, 0.25) is 0 Å². The van der Waals surface area contributed by atoms with Gasteiger partial charge in [0.1, 0.15) is 5.84 Å². The van der Waals surface area contributed by atoms with Crippen molar-refractivity contribution in [1.82, 2.24) is 0 Å². The molecule has 3 N–H and O–H groups in total. The highest BCUT2D eigenvalue weighted by Gasteiger charge is 2.24. The van der Waals surface area contributed by atoms with Crippen molar-refractivity contribution in [2.75, 3.05) is 0 Å². The number of oxime groups is 1. The second-order valence-corrected chi connectivity index (χ2v) is 6.40. The summed E-state index contributed by atoms with van der Waals surface area (Å²) in [6.07, 6.45) is 3.69. The SMILES string of the molecule is N#CC1Cc2ccccc2C1.N/C(=N\O)C1Cc2ccccc2C1. The standard InChI is InChI=1S/C10H12N2O.C10H9N/c11-10(12-13)9-5-7-3-1-2-4-8(7)6-9;11-7-8-5-9-3-1-2-4-10(9)6-8/h1-4,9,13H,5-6H2,(H2,11,12);1-4,8H,5-6H2. The van der Waals surface area contributed by atoms with Crippen LogP contribution in [0, 0.1) is 23.2 Å². The quantitative estimate of drug-likeness (QED) is 0.367. The maximum atomic E-state index is 8.69. The van der Waals surface area contributed by atoms with Crippen LogP contribution in [-0.4, -0.2) is 11.0 Å². The molecule has 0 atom stereocenters. The summed E-state index contributed by atoms with van der Waals surface area (Å²) in [5, 5.41) is 20.3. The van der Waals surface area contributed by atoms with Gasteiger partial charge in [0.2, 0.25) is 0 Å². The van der Waals surface area contributed by atoms with Crippen LogP contribution in [0.3, 0.4) is 0 Å². The molecule has 0 spiro atoms. The molecule has 0 fully saturated rings. The van der Waals surface area contributed by atoms with Gasteiger partial charge in [0.15, 0.2) is 0 Å². The Labute approximate surface area is 142 Å². The second-order valence-electron chi connectivity index (χ2n) is 6.40. The van der Waals surface area contributed by atoms with Crippen molar-refractivity contribution in [2.45, 2.75) is 25.7 Å². The number of nitrogens with two attached hydrogens (primary N) is 1. The molecule has 4 rings (SSSR count). The highest BCUT2D eigenvalue weighted by atomic mass is 16.4. The molecule has 0 bridgehead atoms. The molecule has 2 aliphatic rings. The molecule has 0 heterocycles. The second kappa shape index (κ2) is 7.18.